The molecule has 2 heterocycles. The molecule has 3 aromatic carbocycles. The molecule has 3 aromatic rings. The predicted molar refractivity (Wildman–Crippen MR) is 242 cm³/mol. The molecule has 0 radical (unpaired) electrons. The molecule has 2 aliphatic heterocycles. The van der Waals surface area contributed by atoms with Crippen LogP contribution in [-0.2, 0) is 57.9 Å². The zero-order chi connectivity index (χ0) is 46.1. The smallest absolute Gasteiger partial charge is 0.316 e. The molecule has 0 spiro atoms. The van der Waals surface area contributed by atoms with Gasteiger partial charge in [-0.25, -0.2) is 0 Å². The second kappa shape index (κ2) is 23.3. The van der Waals surface area contributed by atoms with Crippen molar-refractivity contribution in [2.75, 3.05) is 21.2 Å². The summed E-state index contributed by atoms with van der Waals surface area (Å²) in [6, 6.07) is 29.8. The van der Waals surface area contributed by atoms with E-state index in [4.69, 9.17) is 28.5 Å². The molecule has 0 bridgehead atoms. The number of methoxy groups -OCH3 is 1. The number of likely N-dealkylation sites (N-methyl/N-ethyl adjacent to an activating group) is 1. The summed E-state index contributed by atoms with van der Waals surface area (Å²) in [5.74, 6) is -4.62. The van der Waals surface area contributed by atoms with Gasteiger partial charge in [0.25, 0.3) is 0 Å². The first-order chi connectivity index (χ1) is 29.8. The number of rotatable bonds is 13. The van der Waals surface area contributed by atoms with Crippen LogP contribution >= 0.6 is 0 Å². The number of cyclic esters (lactones) is 1. The van der Waals surface area contributed by atoms with Gasteiger partial charge < -0.3 is 60.2 Å². The van der Waals surface area contributed by atoms with E-state index in [1.807, 2.05) is 99.6 Å². The largest absolute Gasteiger partial charge is 1.00 e. The fourth-order valence-corrected chi connectivity index (χ4v) is 9.65. The SMILES string of the molecule is CC[C@H]1OC(=O)[C@H](C)C(=O)[C@H](C)[C@@H](O[C@@H]2O[C@H](C)C[C@H]([N+](C)(C)Cc3ccccc3)[C@H]2OCc2ccccc2)[C@](C)(OC)C[C@@H](C)/C(=N/OCc2ccccc2)[C@H](C)[C@@H](O)[C@]1(C)O.[Br-]. The number of carbonyl (C=O) groups excluding carboxylic acids is 2. The highest BCUT2D eigenvalue weighted by Gasteiger charge is 2.54. The third-order valence-corrected chi connectivity index (χ3v) is 13.5. The summed E-state index contributed by atoms with van der Waals surface area (Å²) in [4.78, 5) is 34.6. The third-order valence-electron chi connectivity index (χ3n) is 13.5. The first-order valence-corrected chi connectivity index (χ1v) is 22.6. The van der Waals surface area contributed by atoms with Gasteiger partial charge in [-0.2, -0.15) is 0 Å². The molecule has 0 aromatic heterocycles. The van der Waals surface area contributed by atoms with Crippen LogP contribution < -0.4 is 17.0 Å². The second-order valence-corrected chi connectivity index (χ2v) is 19.0. The number of quaternary nitrogens is 1. The van der Waals surface area contributed by atoms with E-state index in [1.165, 1.54) is 19.4 Å². The lowest BCUT2D eigenvalue weighted by Gasteiger charge is -2.50. The fraction of sp³-hybridized carbons (Fsp3) is 0.588. The topological polar surface area (TPSA) is 142 Å². The van der Waals surface area contributed by atoms with Gasteiger partial charge in [0.2, 0.25) is 0 Å². The van der Waals surface area contributed by atoms with Gasteiger partial charge in [-0.05, 0) is 51.7 Å². The lowest BCUT2D eigenvalue weighted by atomic mass is 9.74. The number of oxime groups is 1. The van der Waals surface area contributed by atoms with Crippen molar-refractivity contribution in [2.45, 2.75) is 148 Å². The summed E-state index contributed by atoms with van der Waals surface area (Å²) in [6.45, 7) is 15.3. The van der Waals surface area contributed by atoms with E-state index in [2.05, 4.69) is 31.4 Å². The normalized spacial score (nSPS) is 34.0. The number of nitrogens with zero attached hydrogens (tertiary/aromatic N) is 2. The number of halogens is 1. The molecule has 2 aliphatic rings. The van der Waals surface area contributed by atoms with Crippen LogP contribution in [0.25, 0.3) is 0 Å². The van der Waals surface area contributed by atoms with Crippen LogP contribution in [0, 0.1) is 23.7 Å². The highest BCUT2D eigenvalue weighted by Crippen LogP contribution is 2.40. The zero-order valence-electron chi connectivity index (χ0n) is 39.7. The van der Waals surface area contributed by atoms with Crippen molar-refractivity contribution in [3.8, 4) is 0 Å². The molecular formula is C51H73BrN2O10. The predicted octanol–water partition coefficient (Wildman–Crippen LogP) is 4.67. The summed E-state index contributed by atoms with van der Waals surface area (Å²) >= 11 is 0. The van der Waals surface area contributed by atoms with Gasteiger partial charge in [0.15, 0.2) is 18.2 Å². The van der Waals surface area contributed by atoms with E-state index in [0.717, 1.165) is 17.7 Å². The number of aliphatic hydroxyl groups is 2. The monoisotopic (exact) mass is 952 g/mol. The minimum absolute atomic E-state index is 0. The quantitative estimate of drug-likeness (QED) is 0.108. The van der Waals surface area contributed by atoms with Crippen molar-refractivity contribution in [1.82, 2.24) is 0 Å². The van der Waals surface area contributed by atoms with Crippen molar-refractivity contribution in [2.24, 2.45) is 28.8 Å². The van der Waals surface area contributed by atoms with Crippen LogP contribution in [0.2, 0.25) is 0 Å². The number of hydrogen-bond acceptors (Lipinski definition) is 11. The Labute approximate surface area is 392 Å². The Morgan fingerprint density at radius 2 is 1.38 bits per heavy atom. The fourth-order valence-electron chi connectivity index (χ4n) is 9.65. The average Bonchev–Trinajstić information content (AvgIpc) is 3.27. The van der Waals surface area contributed by atoms with Gasteiger partial charge in [0.05, 0.1) is 50.3 Å². The first-order valence-electron chi connectivity index (χ1n) is 22.6. The van der Waals surface area contributed by atoms with Crippen LogP contribution in [-0.4, -0.2) is 107 Å². The number of esters is 1. The van der Waals surface area contributed by atoms with Crippen LogP contribution in [0.5, 0.6) is 0 Å². The molecule has 0 aliphatic carbocycles. The number of ketones is 1. The Balaban J connectivity index is 0.00000898. The summed E-state index contributed by atoms with van der Waals surface area (Å²) in [7, 11) is 5.98. The summed E-state index contributed by atoms with van der Waals surface area (Å²) < 4.78 is 33.9. The van der Waals surface area contributed by atoms with Gasteiger partial charge in [-0.1, -0.05) is 124 Å². The van der Waals surface area contributed by atoms with Crippen molar-refractivity contribution < 1.29 is 69.8 Å². The molecule has 5 rings (SSSR count). The van der Waals surface area contributed by atoms with Crippen LogP contribution in [0.15, 0.2) is 96.2 Å². The van der Waals surface area contributed by atoms with E-state index < -0.39 is 77.3 Å². The molecule has 0 amide bonds. The number of ether oxygens (including phenoxy) is 5. The van der Waals surface area contributed by atoms with E-state index in [-0.39, 0.29) is 48.6 Å². The molecular weight excluding hydrogens is 880 g/mol. The lowest BCUT2D eigenvalue weighted by Crippen LogP contribution is -3.00. The highest BCUT2D eigenvalue weighted by atomic mass is 79.9. The number of benzene rings is 3. The molecule has 354 valence electrons. The van der Waals surface area contributed by atoms with Crippen molar-refractivity contribution in [1.29, 1.82) is 0 Å². The minimum Gasteiger partial charge on any atom is -1.00 e. The highest BCUT2D eigenvalue weighted by molar-refractivity contribution is 6.00. The summed E-state index contributed by atoms with van der Waals surface area (Å²) in [5, 5.41) is 28.5. The third kappa shape index (κ3) is 12.9. The standard InChI is InChI=1S/C51H73N2O10.BrH/c1-12-42-51(8,57)46(55)35(4)43(52-60-32-40-26-20-15-21-27-40)33(2)29-50(7,58-11)47(36(5)44(54)37(6)48(56)62-42)63-49-45(59-31-39-24-18-14-19-25-39)41(28-34(3)61-49)53(9,10)30-38-22-16-13-17-23-38;/h13-27,33-37,41-42,45-47,49,55,57H,12,28-32H2,1-11H3;1H/q+1;/p-1/b52-43-;/t33-,34-,35+,36+,37-,41+,42-,45-,46-,47-,49+,50-,51-;/m1./s1. The molecule has 12 nitrogen and oxygen atoms in total. The van der Waals surface area contributed by atoms with Gasteiger partial charge in [-0.15, -0.1) is 0 Å². The molecule has 13 heteroatoms. The maximum Gasteiger partial charge on any atom is 0.316 e. The van der Waals surface area contributed by atoms with E-state index >= 15 is 0 Å². The molecule has 0 unspecified atom stereocenters. The van der Waals surface area contributed by atoms with Crippen molar-refractivity contribution in [3.63, 3.8) is 0 Å². The molecule has 0 saturated carbocycles. The number of Topliss-reactive ketones (excluding diaryl/α,β-unsaturated/α-hetero) is 1. The second-order valence-electron chi connectivity index (χ2n) is 19.0. The first kappa shape index (κ1) is 53.1. The van der Waals surface area contributed by atoms with Crippen molar-refractivity contribution in [3.05, 3.63) is 108 Å². The van der Waals surface area contributed by atoms with E-state index in [0.29, 0.717) is 23.2 Å². The molecule has 13 atom stereocenters. The Bertz CT molecular complexity index is 1930. The maximum atomic E-state index is 14.7. The summed E-state index contributed by atoms with van der Waals surface area (Å²) in [5.41, 5.74) is 0.404. The molecule has 2 N–H and O–H groups in total. The number of hydrogen-bond donors (Lipinski definition) is 2. The van der Waals surface area contributed by atoms with Gasteiger partial charge in [-0.3, -0.25) is 9.59 Å². The average molecular weight is 954 g/mol. The zero-order valence-corrected chi connectivity index (χ0v) is 41.3. The Kier molecular flexibility index (Phi) is 19.3. The van der Waals surface area contributed by atoms with Gasteiger partial charge in [0, 0.05) is 36.8 Å². The van der Waals surface area contributed by atoms with E-state index in [9.17, 15) is 19.8 Å². The summed E-state index contributed by atoms with van der Waals surface area (Å²) in [6.07, 6.45) is -4.25. The van der Waals surface area contributed by atoms with E-state index in [1.54, 1.807) is 27.9 Å². The molecule has 64 heavy (non-hydrogen) atoms. The Morgan fingerprint density at radius 3 is 1.92 bits per heavy atom. The molecule has 2 saturated heterocycles. The Morgan fingerprint density at radius 1 is 0.828 bits per heavy atom. The maximum absolute atomic E-state index is 14.7. The van der Waals surface area contributed by atoms with Gasteiger partial charge in [0.1, 0.15) is 36.8 Å². The minimum atomic E-state index is -1.91. The van der Waals surface area contributed by atoms with Gasteiger partial charge >= 0.3 is 5.97 Å². The lowest BCUT2D eigenvalue weighted by molar-refractivity contribution is -0.934. The van der Waals surface area contributed by atoms with Crippen molar-refractivity contribution >= 4 is 17.5 Å². The Hall–Kier alpha value is -3.53. The number of carbonyl (C=O) groups is 2. The van der Waals surface area contributed by atoms with Crippen LogP contribution in [0.4, 0.5) is 0 Å². The van der Waals surface area contributed by atoms with Crippen LogP contribution in [0.1, 0.15) is 91.3 Å². The molecule has 2 fully saturated rings. The van der Waals surface area contributed by atoms with Crippen LogP contribution in [0.3, 0.4) is 0 Å². The number of aliphatic hydroxyl groups excluding tert-OH is 1.